The molecule has 0 atom stereocenters. The molecule has 1 aromatic heterocycles. The van der Waals surface area contributed by atoms with Gasteiger partial charge in [0, 0.05) is 13.1 Å². The molecule has 2 rings (SSSR count). The highest BCUT2D eigenvalue weighted by Crippen LogP contribution is 2.24. The number of nitrogens with zero attached hydrogens (tertiary/aromatic N) is 3. The van der Waals surface area contributed by atoms with Crippen LogP contribution >= 0.6 is 0 Å². The third-order valence-electron chi connectivity index (χ3n) is 2.89. The number of guanidine groups is 1. The second-order valence-electron chi connectivity index (χ2n) is 4.21. The number of hydrogen-bond donors (Lipinski definition) is 1. The van der Waals surface area contributed by atoms with Crippen molar-refractivity contribution in [2.24, 2.45) is 10.7 Å². The van der Waals surface area contributed by atoms with Gasteiger partial charge in [-0.05, 0) is 25.0 Å². The minimum atomic E-state index is 0.507. The van der Waals surface area contributed by atoms with Crippen molar-refractivity contribution in [3.8, 4) is 5.75 Å². The zero-order valence-electron chi connectivity index (χ0n) is 10.3. The lowest BCUT2D eigenvalue weighted by atomic mass is 10.3. The van der Waals surface area contributed by atoms with Gasteiger partial charge in [0.2, 0.25) is 0 Å². The number of rotatable bonds is 4. The SMILES string of the molecule is COc1ccc(CN=C(N)N(C)C2CC2)nc1. The van der Waals surface area contributed by atoms with E-state index in [1.54, 1.807) is 13.3 Å². The van der Waals surface area contributed by atoms with Crippen molar-refractivity contribution in [1.29, 1.82) is 0 Å². The Morgan fingerprint density at radius 1 is 1.59 bits per heavy atom. The van der Waals surface area contributed by atoms with Crippen molar-refractivity contribution in [2.75, 3.05) is 14.2 Å². The highest BCUT2D eigenvalue weighted by molar-refractivity contribution is 5.78. The van der Waals surface area contributed by atoms with E-state index >= 15 is 0 Å². The predicted octanol–water partition coefficient (Wildman–Crippen LogP) is 0.999. The van der Waals surface area contributed by atoms with E-state index in [9.17, 15) is 0 Å². The van der Waals surface area contributed by atoms with E-state index in [1.165, 1.54) is 12.8 Å². The molecule has 1 aliphatic rings. The summed E-state index contributed by atoms with van der Waals surface area (Å²) in [5.41, 5.74) is 6.77. The molecule has 0 saturated heterocycles. The van der Waals surface area contributed by atoms with Crippen LogP contribution in [0.25, 0.3) is 0 Å². The molecular weight excluding hydrogens is 216 g/mol. The fraction of sp³-hybridized carbons (Fsp3) is 0.500. The van der Waals surface area contributed by atoms with Crippen molar-refractivity contribution in [3.63, 3.8) is 0 Å². The van der Waals surface area contributed by atoms with E-state index in [1.807, 2.05) is 24.1 Å². The molecule has 1 aromatic rings. The van der Waals surface area contributed by atoms with Crippen LogP contribution in [-0.2, 0) is 6.54 Å². The summed E-state index contributed by atoms with van der Waals surface area (Å²) in [6, 6.07) is 4.35. The van der Waals surface area contributed by atoms with E-state index in [-0.39, 0.29) is 0 Å². The molecule has 1 aliphatic carbocycles. The quantitative estimate of drug-likeness (QED) is 0.623. The van der Waals surface area contributed by atoms with Crippen LogP contribution in [-0.4, -0.2) is 36.0 Å². The monoisotopic (exact) mass is 234 g/mol. The van der Waals surface area contributed by atoms with Gasteiger partial charge < -0.3 is 15.4 Å². The number of aliphatic imine (C=N–C) groups is 1. The zero-order chi connectivity index (χ0) is 12.3. The van der Waals surface area contributed by atoms with Gasteiger partial charge in [0.05, 0.1) is 25.5 Å². The van der Waals surface area contributed by atoms with Crippen LogP contribution in [0.1, 0.15) is 18.5 Å². The van der Waals surface area contributed by atoms with E-state index in [0.29, 0.717) is 18.5 Å². The Bertz CT molecular complexity index is 397. The van der Waals surface area contributed by atoms with E-state index in [0.717, 1.165) is 11.4 Å². The van der Waals surface area contributed by atoms with Crippen molar-refractivity contribution >= 4 is 5.96 Å². The smallest absolute Gasteiger partial charge is 0.191 e. The number of methoxy groups -OCH3 is 1. The fourth-order valence-corrected chi connectivity index (χ4v) is 1.55. The van der Waals surface area contributed by atoms with E-state index < -0.39 is 0 Å². The van der Waals surface area contributed by atoms with Gasteiger partial charge in [-0.1, -0.05) is 0 Å². The Balaban J connectivity index is 1.93. The summed E-state index contributed by atoms with van der Waals surface area (Å²) >= 11 is 0. The molecule has 0 spiro atoms. The van der Waals surface area contributed by atoms with Crippen LogP contribution in [0.2, 0.25) is 0 Å². The average Bonchev–Trinajstić information content (AvgIpc) is 3.20. The van der Waals surface area contributed by atoms with Gasteiger partial charge in [0.25, 0.3) is 0 Å². The van der Waals surface area contributed by atoms with Gasteiger partial charge in [0.15, 0.2) is 5.96 Å². The molecule has 5 nitrogen and oxygen atoms in total. The molecule has 0 bridgehead atoms. The number of nitrogens with two attached hydrogens (primary N) is 1. The molecule has 2 N–H and O–H groups in total. The van der Waals surface area contributed by atoms with E-state index in [2.05, 4.69) is 9.98 Å². The molecule has 1 saturated carbocycles. The zero-order valence-corrected chi connectivity index (χ0v) is 10.3. The maximum absolute atomic E-state index is 5.89. The Morgan fingerprint density at radius 3 is 2.88 bits per heavy atom. The van der Waals surface area contributed by atoms with Crippen molar-refractivity contribution in [3.05, 3.63) is 24.0 Å². The van der Waals surface area contributed by atoms with Gasteiger partial charge in [-0.2, -0.15) is 0 Å². The summed E-state index contributed by atoms with van der Waals surface area (Å²) in [5, 5.41) is 0. The molecule has 5 heteroatoms. The first-order valence-electron chi connectivity index (χ1n) is 5.72. The Morgan fingerprint density at radius 2 is 2.35 bits per heavy atom. The summed E-state index contributed by atoms with van der Waals surface area (Å²) in [7, 11) is 3.61. The summed E-state index contributed by atoms with van der Waals surface area (Å²) in [6.45, 7) is 0.507. The van der Waals surface area contributed by atoms with Gasteiger partial charge >= 0.3 is 0 Å². The summed E-state index contributed by atoms with van der Waals surface area (Å²) in [5.74, 6) is 1.34. The van der Waals surface area contributed by atoms with Crippen molar-refractivity contribution in [2.45, 2.75) is 25.4 Å². The molecule has 1 heterocycles. The standard InChI is InChI=1S/C12H18N4O/c1-16(10-4-5-10)12(13)15-7-9-3-6-11(17-2)8-14-9/h3,6,8,10H,4-5,7H2,1-2H3,(H2,13,15). The van der Waals surface area contributed by atoms with Gasteiger partial charge in [0.1, 0.15) is 5.75 Å². The van der Waals surface area contributed by atoms with Gasteiger partial charge in [-0.3, -0.25) is 4.98 Å². The third kappa shape index (κ3) is 3.09. The summed E-state index contributed by atoms with van der Waals surface area (Å²) in [6.07, 6.45) is 4.12. The average molecular weight is 234 g/mol. The number of aromatic nitrogens is 1. The molecule has 1 fully saturated rings. The minimum Gasteiger partial charge on any atom is -0.495 e. The van der Waals surface area contributed by atoms with Gasteiger partial charge in [-0.15, -0.1) is 0 Å². The number of pyridine rings is 1. The second kappa shape index (κ2) is 5.03. The maximum Gasteiger partial charge on any atom is 0.191 e. The largest absolute Gasteiger partial charge is 0.495 e. The van der Waals surface area contributed by atoms with Crippen LogP contribution in [0.4, 0.5) is 0 Å². The molecule has 0 unspecified atom stereocenters. The molecule has 0 aromatic carbocycles. The lowest BCUT2D eigenvalue weighted by Gasteiger charge is -2.16. The molecule has 92 valence electrons. The third-order valence-corrected chi connectivity index (χ3v) is 2.89. The van der Waals surface area contributed by atoms with Crippen molar-refractivity contribution < 1.29 is 4.74 Å². The first-order chi connectivity index (χ1) is 8.20. The normalized spacial score (nSPS) is 15.8. The fourth-order valence-electron chi connectivity index (χ4n) is 1.55. The van der Waals surface area contributed by atoms with Crippen LogP contribution in [0.3, 0.4) is 0 Å². The minimum absolute atomic E-state index is 0.507. The topological polar surface area (TPSA) is 63.7 Å². The van der Waals surface area contributed by atoms with Crippen LogP contribution in [0.5, 0.6) is 5.75 Å². The summed E-state index contributed by atoms with van der Waals surface area (Å²) < 4.78 is 5.04. The lowest BCUT2D eigenvalue weighted by molar-refractivity contribution is 0.412. The maximum atomic E-state index is 5.89. The van der Waals surface area contributed by atoms with E-state index in [4.69, 9.17) is 10.5 Å². The second-order valence-corrected chi connectivity index (χ2v) is 4.21. The molecule has 0 amide bonds. The Kier molecular flexibility index (Phi) is 3.46. The Hall–Kier alpha value is -1.78. The predicted molar refractivity (Wildman–Crippen MR) is 66.9 cm³/mol. The Labute approximate surface area is 101 Å². The van der Waals surface area contributed by atoms with Crippen LogP contribution < -0.4 is 10.5 Å². The highest BCUT2D eigenvalue weighted by atomic mass is 16.5. The van der Waals surface area contributed by atoms with Crippen LogP contribution in [0.15, 0.2) is 23.3 Å². The molecule has 0 radical (unpaired) electrons. The molecule has 0 aliphatic heterocycles. The highest BCUT2D eigenvalue weighted by Gasteiger charge is 2.27. The number of ether oxygens (including phenoxy) is 1. The molecule has 17 heavy (non-hydrogen) atoms. The molecular formula is C12H18N4O. The van der Waals surface area contributed by atoms with Crippen molar-refractivity contribution in [1.82, 2.24) is 9.88 Å². The first-order valence-corrected chi connectivity index (χ1v) is 5.72. The number of hydrogen-bond acceptors (Lipinski definition) is 3. The van der Waals surface area contributed by atoms with Crippen LogP contribution in [0, 0.1) is 0 Å². The lowest BCUT2D eigenvalue weighted by Crippen LogP contribution is -2.35. The summed E-state index contributed by atoms with van der Waals surface area (Å²) in [4.78, 5) is 10.6. The van der Waals surface area contributed by atoms with Gasteiger partial charge in [-0.25, -0.2) is 4.99 Å². The first kappa shape index (κ1) is 11.7.